The van der Waals surface area contributed by atoms with Crippen LogP contribution in [0.2, 0.25) is 0 Å². The Labute approximate surface area is 155 Å². The van der Waals surface area contributed by atoms with E-state index in [1.54, 1.807) is 19.3 Å². The average molecular weight is 387 g/mol. The lowest BCUT2D eigenvalue weighted by Crippen LogP contribution is -2.22. The van der Waals surface area contributed by atoms with Crippen LogP contribution in [0.3, 0.4) is 0 Å². The number of pyridine rings is 1. The molecule has 0 unspecified atom stereocenters. The molecule has 3 heterocycles. The van der Waals surface area contributed by atoms with Crippen LogP contribution in [0.25, 0.3) is 21.3 Å². The van der Waals surface area contributed by atoms with E-state index in [0.717, 1.165) is 11.3 Å². The zero-order valence-electron chi connectivity index (χ0n) is 14.4. The summed E-state index contributed by atoms with van der Waals surface area (Å²) < 4.78 is 22.2. The summed E-state index contributed by atoms with van der Waals surface area (Å²) in [6.07, 6.45) is 3.07. The van der Waals surface area contributed by atoms with Crippen LogP contribution in [-0.4, -0.2) is 32.1 Å². The SMILES string of the molecule is COc1cc2nc(NC(=O)Cn3cnc4ccn(C)c(=O)c43)sc2cc1F. The van der Waals surface area contributed by atoms with Gasteiger partial charge in [-0.3, -0.25) is 9.59 Å². The highest BCUT2D eigenvalue weighted by molar-refractivity contribution is 7.22. The second-order valence-corrected chi connectivity index (χ2v) is 6.89. The number of methoxy groups -OCH3 is 1. The summed E-state index contributed by atoms with van der Waals surface area (Å²) in [5.74, 6) is -0.773. The second-order valence-electron chi connectivity index (χ2n) is 5.86. The molecule has 0 atom stereocenters. The molecular formula is C17H14FN5O3S. The summed E-state index contributed by atoms with van der Waals surface area (Å²) in [5, 5.41) is 3.01. The Hall–Kier alpha value is -3.27. The molecule has 0 saturated heterocycles. The van der Waals surface area contributed by atoms with Gasteiger partial charge in [0.2, 0.25) is 5.91 Å². The number of nitrogens with one attached hydrogen (secondary N) is 1. The van der Waals surface area contributed by atoms with Gasteiger partial charge in [0.05, 0.1) is 29.2 Å². The zero-order chi connectivity index (χ0) is 19.1. The average Bonchev–Trinajstić information content (AvgIpc) is 3.20. The number of aromatic nitrogens is 4. The van der Waals surface area contributed by atoms with E-state index in [-0.39, 0.29) is 23.8 Å². The van der Waals surface area contributed by atoms with Gasteiger partial charge in [-0.2, -0.15) is 0 Å². The summed E-state index contributed by atoms with van der Waals surface area (Å²) >= 11 is 1.15. The van der Waals surface area contributed by atoms with Crippen molar-refractivity contribution in [2.24, 2.45) is 7.05 Å². The maximum atomic E-state index is 13.8. The van der Waals surface area contributed by atoms with Gasteiger partial charge in [0.1, 0.15) is 12.1 Å². The van der Waals surface area contributed by atoms with Crippen molar-refractivity contribution in [2.75, 3.05) is 12.4 Å². The summed E-state index contributed by atoms with van der Waals surface area (Å²) in [4.78, 5) is 33.1. The molecule has 1 N–H and O–H groups in total. The summed E-state index contributed by atoms with van der Waals surface area (Å²) in [7, 11) is 3.01. The van der Waals surface area contributed by atoms with Crippen LogP contribution in [-0.2, 0) is 18.4 Å². The minimum atomic E-state index is -0.493. The number of amides is 1. The number of aryl methyl sites for hydroxylation is 1. The van der Waals surface area contributed by atoms with Gasteiger partial charge in [-0.25, -0.2) is 14.4 Å². The fraction of sp³-hybridized carbons (Fsp3) is 0.176. The fourth-order valence-corrected chi connectivity index (χ4v) is 3.63. The Kier molecular flexibility index (Phi) is 4.11. The number of halogens is 1. The molecule has 0 aliphatic heterocycles. The first-order valence-electron chi connectivity index (χ1n) is 7.90. The van der Waals surface area contributed by atoms with Crippen molar-refractivity contribution in [3.63, 3.8) is 0 Å². The Balaban J connectivity index is 1.59. The molecule has 0 aliphatic rings. The van der Waals surface area contributed by atoms with Gasteiger partial charge in [-0.15, -0.1) is 0 Å². The smallest absolute Gasteiger partial charge is 0.276 e. The number of rotatable bonds is 4. The largest absolute Gasteiger partial charge is 0.494 e. The quantitative estimate of drug-likeness (QED) is 0.579. The molecule has 3 aromatic heterocycles. The number of thiazole rings is 1. The van der Waals surface area contributed by atoms with Gasteiger partial charge >= 0.3 is 0 Å². The van der Waals surface area contributed by atoms with Gasteiger partial charge in [0, 0.05) is 19.3 Å². The molecule has 8 nitrogen and oxygen atoms in total. The Morgan fingerprint density at radius 3 is 2.96 bits per heavy atom. The van der Waals surface area contributed by atoms with E-state index in [2.05, 4.69) is 15.3 Å². The number of benzene rings is 1. The molecule has 4 aromatic rings. The molecule has 10 heteroatoms. The minimum Gasteiger partial charge on any atom is -0.494 e. The van der Waals surface area contributed by atoms with E-state index in [9.17, 15) is 14.0 Å². The lowest BCUT2D eigenvalue weighted by atomic mass is 10.3. The van der Waals surface area contributed by atoms with Gasteiger partial charge < -0.3 is 19.2 Å². The number of hydrogen-bond acceptors (Lipinski definition) is 6. The van der Waals surface area contributed by atoms with Crippen molar-refractivity contribution in [1.82, 2.24) is 19.1 Å². The molecule has 138 valence electrons. The van der Waals surface area contributed by atoms with Crippen molar-refractivity contribution >= 4 is 43.6 Å². The van der Waals surface area contributed by atoms with E-state index in [1.807, 2.05) is 0 Å². The predicted octanol–water partition coefficient (Wildman–Crippen LogP) is 2.13. The first-order chi connectivity index (χ1) is 13.0. The van der Waals surface area contributed by atoms with Crippen molar-refractivity contribution < 1.29 is 13.9 Å². The van der Waals surface area contributed by atoms with E-state index >= 15 is 0 Å². The number of anilines is 1. The number of imidazole rings is 1. The standard InChI is InChI=1S/C17H14FN5O3S/c1-22-4-3-10-15(16(22)25)23(8-19-10)7-14(24)21-17-20-11-6-12(26-2)9(18)5-13(11)27-17/h3-6,8H,7H2,1-2H3,(H,20,21,24). The molecule has 0 aliphatic carbocycles. The molecule has 27 heavy (non-hydrogen) atoms. The zero-order valence-corrected chi connectivity index (χ0v) is 15.2. The van der Waals surface area contributed by atoms with E-state index in [1.165, 1.54) is 34.7 Å². The van der Waals surface area contributed by atoms with Gasteiger partial charge in [0.25, 0.3) is 5.56 Å². The minimum absolute atomic E-state index is 0.0893. The van der Waals surface area contributed by atoms with E-state index in [0.29, 0.717) is 26.4 Å². The first-order valence-corrected chi connectivity index (χ1v) is 8.72. The number of nitrogens with zero attached hydrogens (tertiary/aromatic N) is 4. The summed E-state index contributed by atoms with van der Waals surface area (Å²) in [6, 6.07) is 4.50. The van der Waals surface area contributed by atoms with Gasteiger partial charge in [-0.1, -0.05) is 11.3 Å². The second kappa shape index (κ2) is 6.47. The summed E-state index contributed by atoms with van der Waals surface area (Å²) in [5.41, 5.74) is 1.16. The molecular weight excluding hydrogens is 373 g/mol. The topological polar surface area (TPSA) is 91.0 Å². The van der Waals surface area contributed by atoms with Crippen molar-refractivity contribution in [3.8, 4) is 5.75 Å². The highest BCUT2D eigenvalue weighted by Gasteiger charge is 2.14. The Bertz CT molecular complexity index is 1240. The highest BCUT2D eigenvalue weighted by Crippen LogP contribution is 2.31. The molecule has 0 saturated carbocycles. The maximum absolute atomic E-state index is 13.8. The van der Waals surface area contributed by atoms with Crippen LogP contribution in [0.1, 0.15) is 0 Å². The monoisotopic (exact) mass is 387 g/mol. The third-order valence-electron chi connectivity index (χ3n) is 4.07. The maximum Gasteiger partial charge on any atom is 0.276 e. The molecule has 0 spiro atoms. The number of ether oxygens (including phenoxy) is 1. The molecule has 0 bridgehead atoms. The molecule has 1 amide bonds. The lowest BCUT2D eigenvalue weighted by Gasteiger charge is -2.04. The van der Waals surface area contributed by atoms with Gasteiger partial charge in [0.15, 0.2) is 16.7 Å². The highest BCUT2D eigenvalue weighted by atomic mass is 32.1. The lowest BCUT2D eigenvalue weighted by molar-refractivity contribution is -0.116. The van der Waals surface area contributed by atoms with Crippen LogP contribution in [0.4, 0.5) is 9.52 Å². The van der Waals surface area contributed by atoms with Crippen LogP contribution in [0, 0.1) is 5.82 Å². The molecule has 1 aromatic carbocycles. The third kappa shape index (κ3) is 3.04. The van der Waals surface area contributed by atoms with E-state index in [4.69, 9.17) is 4.74 Å². The van der Waals surface area contributed by atoms with Crippen LogP contribution in [0.5, 0.6) is 5.75 Å². The van der Waals surface area contributed by atoms with E-state index < -0.39 is 5.82 Å². The van der Waals surface area contributed by atoms with Crippen molar-refractivity contribution in [3.05, 3.63) is 46.9 Å². The number of carbonyl (C=O) groups excluding carboxylic acids is 1. The molecule has 0 radical (unpaired) electrons. The predicted molar refractivity (Wildman–Crippen MR) is 99.7 cm³/mol. The van der Waals surface area contributed by atoms with Crippen LogP contribution in [0.15, 0.2) is 35.5 Å². The number of hydrogen-bond donors (Lipinski definition) is 1. The molecule has 4 rings (SSSR count). The summed E-state index contributed by atoms with van der Waals surface area (Å²) in [6.45, 7) is -0.0939. The van der Waals surface area contributed by atoms with Crippen molar-refractivity contribution in [2.45, 2.75) is 6.54 Å². The fourth-order valence-electron chi connectivity index (χ4n) is 2.74. The number of fused-ring (bicyclic) bond motifs is 2. The molecule has 0 fully saturated rings. The van der Waals surface area contributed by atoms with Gasteiger partial charge in [-0.05, 0) is 12.1 Å². The van der Waals surface area contributed by atoms with Crippen LogP contribution >= 0.6 is 11.3 Å². The third-order valence-corrected chi connectivity index (χ3v) is 5.00. The van der Waals surface area contributed by atoms with Crippen LogP contribution < -0.4 is 15.6 Å². The Morgan fingerprint density at radius 2 is 2.19 bits per heavy atom. The normalized spacial score (nSPS) is 11.2. The Morgan fingerprint density at radius 1 is 1.37 bits per heavy atom. The van der Waals surface area contributed by atoms with Crippen molar-refractivity contribution in [1.29, 1.82) is 0 Å². The first kappa shape index (κ1) is 17.2. The number of carbonyl (C=O) groups is 1.